The number of piperidine rings is 1. The molecule has 1 atom stereocenters. The van der Waals surface area contributed by atoms with E-state index in [9.17, 15) is 14.0 Å². The number of carbonyl (C=O) groups excluding carboxylic acids is 2. The molecule has 126 valence electrons. The maximum absolute atomic E-state index is 13.1. The lowest BCUT2D eigenvalue weighted by molar-refractivity contribution is -0.122. The zero-order chi connectivity index (χ0) is 17.3. The van der Waals surface area contributed by atoms with Crippen molar-refractivity contribution in [3.8, 4) is 5.69 Å². The monoisotopic (exact) mass is 330 g/mol. The van der Waals surface area contributed by atoms with Gasteiger partial charge in [0.15, 0.2) is 5.78 Å². The number of rotatable bonds is 3. The first kappa shape index (κ1) is 16.3. The first-order valence-electron chi connectivity index (χ1n) is 7.98. The van der Waals surface area contributed by atoms with Crippen LogP contribution in [0.5, 0.6) is 0 Å². The molecule has 1 fully saturated rings. The smallest absolute Gasteiger partial charge is 0.294 e. The molecule has 1 aliphatic rings. The number of halogens is 1. The molecule has 0 radical (unpaired) electrons. The topological polar surface area (TPSA) is 68.1 Å². The molecule has 24 heavy (non-hydrogen) atoms. The van der Waals surface area contributed by atoms with Gasteiger partial charge < -0.3 is 4.90 Å². The molecule has 0 unspecified atom stereocenters. The maximum Gasteiger partial charge on any atom is 0.294 e. The lowest BCUT2D eigenvalue weighted by Gasteiger charge is -2.33. The molecule has 2 aromatic rings. The predicted octanol–water partition coefficient (Wildman–Crippen LogP) is 2.30. The molecule has 0 spiro atoms. The van der Waals surface area contributed by atoms with Crippen LogP contribution in [0.4, 0.5) is 4.39 Å². The van der Waals surface area contributed by atoms with Crippen molar-refractivity contribution in [3.63, 3.8) is 0 Å². The number of aryl methyl sites for hydroxylation is 1. The Labute approximate surface area is 139 Å². The SMILES string of the molecule is CC(=O)[C@@H]1CCCCN1C(=O)c1nc(C)n(-c2ccc(F)cc2)n1. The van der Waals surface area contributed by atoms with Crippen LogP contribution in [0.2, 0.25) is 0 Å². The standard InChI is InChI=1S/C17H19FN4O2/c1-11(23)15-5-3-4-10-21(15)17(24)16-19-12(2)22(20-16)14-8-6-13(18)7-9-14/h6-9,15H,3-5,10H2,1-2H3/t15-/m0/s1. The molecule has 0 N–H and O–H groups in total. The zero-order valence-electron chi connectivity index (χ0n) is 13.7. The summed E-state index contributed by atoms with van der Waals surface area (Å²) in [6, 6.07) is 5.40. The molecular formula is C17H19FN4O2. The van der Waals surface area contributed by atoms with Gasteiger partial charge in [-0.05, 0) is 57.4 Å². The van der Waals surface area contributed by atoms with Crippen LogP contribution in [0.25, 0.3) is 5.69 Å². The summed E-state index contributed by atoms with van der Waals surface area (Å²) in [7, 11) is 0. The minimum atomic E-state index is -0.399. The van der Waals surface area contributed by atoms with E-state index < -0.39 is 6.04 Å². The van der Waals surface area contributed by atoms with Crippen LogP contribution in [0.15, 0.2) is 24.3 Å². The molecule has 1 aromatic heterocycles. The summed E-state index contributed by atoms with van der Waals surface area (Å²) < 4.78 is 14.6. The van der Waals surface area contributed by atoms with E-state index in [4.69, 9.17) is 0 Å². The molecule has 1 saturated heterocycles. The highest BCUT2D eigenvalue weighted by molar-refractivity contribution is 5.95. The van der Waals surface area contributed by atoms with Gasteiger partial charge in [0.25, 0.3) is 5.91 Å². The summed E-state index contributed by atoms with van der Waals surface area (Å²) in [5.41, 5.74) is 0.627. The number of benzene rings is 1. The minimum Gasteiger partial charge on any atom is -0.326 e. The summed E-state index contributed by atoms with van der Waals surface area (Å²) >= 11 is 0. The van der Waals surface area contributed by atoms with Crippen LogP contribution >= 0.6 is 0 Å². The Bertz CT molecular complexity index is 769. The van der Waals surface area contributed by atoms with Gasteiger partial charge in [-0.15, -0.1) is 5.10 Å². The second kappa shape index (κ2) is 6.51. The summed E-state index contributed by atoms with van der Waals surface area (Å²) in [5, 5.41) is 4.26. The predicted molar refractivity (Wildman–Crippen MR) is 85.4 cm³/mol. The van der Waals surface area contributed by atoms with Crippen molar-refractivity contribution < 1.29 is 14.0 Å². The third-order valence-corrected chi connectivity index (χ3v) is 4.26. The number of nitrogens with zero attached hydrogens (tertiary/aromatic N) is 4. The Morgan fingerprint density at radius 2 is 1.92 bits per heavy atom. The molecule has 0 saturated carbocycles. The van der Waals surface area contributed by atoms with Gasteiger partial charge in [-0.2, -0.15) is 0 Å². The van der Waals surface area contributed by atoms with Crippen LogP contribution in [0.1, 0.15) is 42.6 Å². The van der Waals surface area contributed by atoms with E-state index in [2.05, 4.69) is 10.1 Å². The number of amides is 1. The first-order valence-corrected chi connectivity index (χ1v) is 7.98. The van der Waals surface area contributed by atoms with Gasteiger partial charge in [-0.25, -0.2) is 14.1 Å². The first-order chi connectivity index (χ1) is 11.5. The minimum absolute atomic E-state index is 0.0160. The number of ketones is 1. The molecule has 7 heteroatoms. The van der Waals surface area contributed by atoms with Crippen LogP contribution in [0.3, 0.4) is 0 Å². The van der Waals surface area contributed by atoms with Gasteiger partial charge in [0.1, 0.15) is 11.6 Å². The van der Waals surface area contributed by atoms with Crippen molar-refractivity contribution >= 4 is 11.7 Å². The van der Waals surface area contributed by atoms with Gasteiger partial charge in [0.05, 0.1) is 11.7 Å². The fraction of sp³-hybridized carbons (Fsp3) is 0.412. The second-order valence-electron chi connectivity index (χ2n) is 5.99. The normalized spacial score (nSPS) is 17.8. The lowest BCUT2D eigenvalue weighted by Crippen LogP contribution is -2.47. The summed E-state index contributed by atoms with van der Waals surface area (Å²) in [6.45, 7) is 3.77. The van der Waals surface area contributed by atoms with Crippen LogP contribution < -0.4 is 0 Å². The Balaban J connectivity index is 1.89. The molecule has 1 amide bonds. The van der Waals surface area contributed by atoms with Crippen molar-refractivity contribution in [3.05, 3.63) is 41.7 Å². The third-order valence-electron chi connectivity index (χ3n) is 4.26. The molecular weight excluding hydrogens is 311 g/mol. The number of hydrogen-bond donors (Lipinski definition) is 0. The van der Waals surface area contributed by atoms with Crippen LogP contribution in [-0.2, 0) is 4.79 Å². The number of likely N-dealkylation sites (tertiary alicyclic amines) is 1. The zero-order valence-corrected chi connectivity index (χ0v) is 13.7. The number of carbonyl (C=O) groups is 2. The van der Waals surface area contributed by atoms with Crippen molar-refractivity contribution in [2.24, 2.45) is 0 Å². The van der Waals surface area contributed by atoms with E-state index in [-0.39, 0.29) is 23.3 Å². The average molecular weight is 330 g/mol. The van der Waals surface area contributed by atoms with Crippen molar-refractivity contribution in [1.29, 1.82) is 0 Å². The fourth-order valence-electron chi connectivity index (χ4n) is 3.03. The number of hydrogen-bond acceptors (Lipinski definition) is 4. The Morgan fingerprint density at radius 1 is 1.21 bits per heavy atom. The lowest BCUT2D eigenvalue weighted by atomic mass is 9.99. The second-order valence-corrected chi connectivity index (χ2v) is 5.99. The molecule has 2 heterocycles. The molecule has 1 aliphatic heterocycles. The molecule has 0 bridgehead atoms. The van der Waals surface area contributed by atoms with Crippen molar-refractivity contribution in [2.45, 2.75) is 39.2 Å². The van der Waals surface area contributed by atoms with Gasteiger partial charge in [-0.3, -0.25) is 9.59 Å². The molecule has 1 aromatic carbocycles. The summed E-state index contributed by atoms with van der Waals surface area (Å²) in [5.74, 6) is -0.103. The van der Waals surface area contributed by atoms with Gasteiger partial charge in [-0.1, -0.05) is 0 Å². The Kier molecular flexibility index (Phi) is 4.42. The van der Waals surface area contributed by atoms with Gasteiger partial charge >= 0.3 is 0 Å². The van der Waals surface area contributed by atoms with E-state index in [1.165, 1.54) is 23.7 Å². The summed E-state index contributed by atoms with van der Waals surface area (Å²) in [6.07, 6.45) is 2.48. The Morgan fingerprint density at radius 3 is 2.58 bits per heavy atom. The fourth-order valence-corrected chi connectivity index (χ4v) is 3.03. The van der Waals surface area contributed by atoms with Crippen LogP contribution in [-0.4, -0.2) is 43.9 Å². The van der Waals surface area contributed by atoms with E-state index in [0.29, 0.717) is 24.5 Å². The third kappa shape index (κ3) is 3.06. The Hall–Kier alpha value is -2.57. The van der Waals surface area contributed by atoms with Crippen LogP contribution in [0, 0.1) is 12.7 Å². The molecule has 6 nitrogen and oxygen atoms in total. The van der Waals surface area contributed by atoms with E-state index in [1.54, 1.807) is 24.0 Å². The highest BCUT2D eigenvalue weighted by Gasteiger charge is 2.32. The van der Waals surface area contributed by atoms with Crippen molar-refractivity contribution in [2.75, 3.05) is 6.54 Å². The molecule has 3 rings (SSSR count). The van der Waals surface area contributed by atoms with Gasteiger partial charge in [0, 0.05) is 6.54 Å². The van der Waals surface area contributed by atoms with E-state index >= 15 is 0 Å². The van der Waals surface area contributed by atoms with E-state index in [1.807, 2.05) is 0 Å². The highest BCUT2D eigenvalue weighted by atomic mass is 19.1. The number of aromatic nitrogens is 3. The average Bonchev–Trinajstić information content (AvgIpc) is 2.96. The van der Waals surface area contributed by atoms with E-state index in [0.717, 1.165) is 12.8 Å². The van der Waals surface area contributed by atoms with Gasteiger partial charge in [0.2, 0.25) is 5.82 Å². The number of Topliss-reactive ketones (excluding diaryl/α,β-unsaturated/α-hetero) is 1. The summed E-state index contributed by atoms with van der Waals surface area (Å²) in [4.78, 5) is 30.3. The molecule has 0 aliphatic carbocycles. The highest BCUT2D eigenvalue weighted by Crippen LogP contribution is 2.20. The maximum atomic E-state index is 13.1. The van der Waals surface area contributed by atoms with Crippen molar-refractivity contribution in [1.82, 2.24) is 19.7 Å². The quantitative estimate of drug-likeness (QED) is 0.866. The largest absolute Gasteiger partial charge is 0.326 e.